The van der Waals surface area contributed by atoms with Gasteiger partial charge in [0, 0.05) is 11.4 Å². The van der Waals surface area contributed by atoms with Crippen molar-refractivity contribution >= 4 is 41.0 Å². The molecule has 1 rings (SSSR count). The van der Waals surface area contributed by atoms with Crippen molar-refractivity contribution in [3.05, 3.63) is 33.8 Å². The molecule has 1 aromatic rings. The van der Waals surface area contributed by atoms with Gasteiger partial charge in [-0.2, -0.15) is 0 Å². The highest BCUT2D eigenvalue weighted by molar-refractivity contribution is 6.36. The van der Waals surface area contributed by atoms with E-state index in [4.69, 9.17) is 33.4 Å². The minimum absolute atomic E-state index is 0.0125. The van der Waals surface area contributed by atoms with Crippen LogP contribution in [0.15, 0.2) is 18.2 Å². The molecule has 1 aromatic carbocycles. The van der Waals surface area contributed by atoms with E-state index >= 15 is 0 Å². The molecule has 8 heteroatoms. The van der Waals surface area contributed by atoms with E-state index in [2.05, 4.69) is 5.32 Å². The third kappa shape index (κ3) is 5.61. The summed E-state index contributed by atoms with van der Waals surface area (Å²) in [5, 5.41) is 20.3. The molecule has 1 atom stereocenters. The van der Waals surface area contributed by atoms with Gasteiger partial charge in [-0.1, -0.05) is 23.2 Å². The molecular weight excluding hydrogens is 321 g/mol. The Balaban J connectivity index is 2.72. The third-order valence-electron chi connectivity index (χ3n) is 2.66. The standard InChI is InChI=1S/C13H13Cl2NO5/c14-7-4-5-8(9(15)6-7)12(19)16-10(13(20)21)2-1-3-11(17)18/h4-6,10H,1-3H2,(H,16,19)(H,17,18)(H,20,21). The van der Waals surface area contributed by atoms with Crippen molar-refractivity contribution in [3.8, 4) is 0 Å². The minimum atomic E-state index is -1.24. The van der Waals surface area contributed by atoms with Gasteiger partial charge < -0.3 is 15.5 Å². The lowest BCUT2D eigenvalue weighted by molar-refractivity contribution is -0.140. The predicted octanol–water partition coefficient (Wildman–Crippen LogP) is 2.43. The Kier molecular flexibility index (Phi) is 6.45. The van der Waals surface area contributed by atoms with Crippen molar-refractivity contribution in [3.63, 3.8) is 0 Å². The molecule has 21 heavy (non-hydrogen) atoms. The highest BCUT2D eigenvalue weighted by Gasteiger charge is 2.21. The Morgan fingerprint density at radius 1 is 1.19 bits per heavy atom. The summed E-state index contributed by atoms with van der Waals surface area (Å²) in [5.74, 6) is -2.91. The number of carboxylic acid groups (broad SMARTS) is 2. The Morgan fingerprint density at radius 3 is 2.38 bits per heavy atom. The second-order valence-corrected chi connectivity index (χ2v) is 5.12. The first kappa shape index (κ1) is 17.3. The summed E-state index contributed by atoms with van der Waals surface area (Å²) in [6, 6.07) is 3.04. The van der Waals surface area contributed by atoms with Crippen LogP contribution in [-0.2, 0) is 9.59 Å². The number of hydrogen-bond donors (Lipinski definition) is 3. The SMILES string of the molecule is O=C(O)CCCC(NC(=O)c1ccc(Cl)cc1Cl)C(=O)O. The van der Waals surface area contributed by atoms with Crippen molar-refractivity contribution in [1.82, 2.24) is 5.32 Å². The zero-order chi connectivity index (χ0) is 16.0. The fraction of sp³-hybridized carbons (Fsp3) is 0.308. The normalized spacial score (nSPS) is 11.7. The summed E-state index contributed by atoms with van der Waals surface area (Å²) in [7, 11) is 0. The van der Waals surface area contributed by atoms with Gasteiger partial charge in [0.1, 0.15) is 6.04 Å². The van der Waals surface area contributed by atoms with E-state index in [1.165, 1.54) is 18.2 Å². The summed E-state index contributed by atoms with van der Waals surface area (Å²) < 4.78 is 0. The Bertz CT molecular complexity index is 561. The predicted molar refractivity (Wildman–Crippen MR) is 76.8 cm³/mol. The van der Waals surface area contributed by atoms with Gasteiger partial charge in [0.15, 0.2) is 0 Å². The third-order valence-corrected chi connectivity index (χ3v) is 3.21. The van der Waals surface area contributed by atoms with Crippen LogP contribution in [0.1, 0.15) is 29.6 Å². The number of amides is 1. The zero-order valence-corrected chi connectivity index (χ0v) is 12.3. The lowest BCUT2D eigenvalue weighted by Crippen LogP contribution is -2.40. The molecule has 0 saturated carbocycles. The van der Waals surface area contributed by atoms with E-state index in [-0.39, 0.29) is 29.8 Å². The number of carboxylic acids is 2. The van der Waals surface area contributed by atoms with E-state index in [0.29, 0.717) is 5.02 Å². The number of carbonyl (C=O) groups excluding carboxylic acids is 1. The Hall–Kier alpha value is -1.79. The molecule has 1 amide bonds. The van der Waals surface area contributed by atoms with Crippen LogP contribution in [0.4, 0.5) is 0 Å². The number of nitrogens with one attached hydrogen (secondary N) is 1. The second kappa shape index (κ2) is 7.85. The zero-order valence-electron chi connectivity index (χ0n) is 10.8. The lowest BCUT2D eigenvalue weighted by Gasteiger charge is -2.14. The topological polar surface area (TPSA) is 104 Å². The molecule has 0 saturated heterocycles. The van der Waals surface area contributed by atoms with Crippen LogP contribution < -0.4 is 5.32 Å². The van der Waals surface area contributed by atoms with Crippen molar-refractivity contribution < 1.29 is 24.6 Å². The fourth-order valence-electron chi connectivity index (χ4n) is 1.62. The van der Waals surface area contributed by atoms with Gasteiger partial charge in [-0.25, -0.2) is 4.79 Å². The lowest BCUT2D eigenvalue weighted by atomic mass is 10.1. The van der Waals surface area contributed by atoms with E-state index in [9.17, 15) is 14.4 Å². The van der Waals surface area contributed by atoms with Gasteiger partial charge in [-0.3, -0.25) is 9.59 Å². The maximum Gasteiger partial charge on any atom is 0.326 e. The summed E-state index contributed by atoms with van der Waals surface area (Å²) in [6.45, 7) is 0. The molecule has 0 aliphatic rings. The number of carbonyl (C=O) groups is 3. The van der Waals surface area contributed by atoms with Gasteiger partial charge >= 0.3 is 11.9 Å². The van der Waals surface area contributed by atoms with Crippen LogP contribution in [0.5, 0.6) is 0 Å². The molecule has 0 heterocycles. The average Bonchev–Trinajstić information content (AvgIpc) is 2.36. The van der Waals surface area contributed by atoms with Crippen LogP contribution >= 0.6 is 23.2 Å². The number of benzene rings is 1. The van der Waals surface area contributed by atoms with Crippen molar-refractivity contribution in [2.75, 3.05) is 0 Å². The van der Waals surface area contributed by atoms with Crippen molar-refractivity contribution in [2.24, 2.45) is 0 Å². The molecular formula is C13H13Cl2NO5. The van der Waals surface area contributed by atoms with Gasteiger partial charge in [-0.05, 0) is 31.0 Å². The summed E-state index contributed by atoms with van der Waals surface area (Å²) in [5.41, 5.74) is 0.102. The van der Waals surface area contributed by atoms with E-state index in [1.54, 1.807) is 0 Å². The fourth-order valence-corrected chi connectivity index (χ4v) is 2.12. The molecule has 6 nitrogen and oxygen atoms in total. The van der Waals surface area contributed by atoms with Crippen LogP contribution in [0.2, 0.25) is 10.0 Å². The van der Waals surface area contributed by atoms with Crippen LogP contribution in [0, 0.1) is 0 Å². The monoisotopic (exact) mass is 333 g/mol. The molecule has 114 valence electrons. The number of halogens is 2. The van der Waals surface area contributed by atoms with Gasteiger partial charge in [0.05, 0.1) is 10.6 Å². The molecule has 3 N–H and O–H groups in total. The maximum atomic E-state index is 12.0. The van der Waals surface area contributed by atoms with Crippen LogP contribution in [-0.4, -0.2) is 34.1 Å². The first-order valence-electron chi connectivity index (χ1n) is 6.01. The van der Waals surface area contributed by atoms with E-state index in [0.717, 1.165) is 0 Å². The summed E-state index contributed by atoms with van der Waals surface area (Å²) in [4.78, 5) is 33.4. The minimum Gasteiger partial charge on any atom is -0.481 e. The smallest absolute Gasteiger partial charge is 0.326 e. The van der Waals surface area contributed by atoms with Gasteiger partial charge in [-0.15, -0.1) is 0 Å². The van der Waals surface area contributed by atoms with Crippen LogP contribution in [0.25, 0.3) is 0 Å². The average molecular weight is 334 g/mol. The van der Waals surface area contributed by atoms with Crippen molar-refractivity contribution in [2.45, 2.75) is 25.3 Å². The van der Waals surface area contributed by atoms with E-state index < -0.39 is 23.9 Å². The highest BCUT2D eigenvalue weighted by Crippen LogP contribution is 2.21. The molecule has 0 aliphatic carbocycles. The maximum absolute atomic E-state index is 12.0. The van der Waals surface area contributed by atoms with Crippen molar-refractivity contribution in [1.29, 1.82) is 0 Å². The molecule has 0 radical (unpaired) electrons. The largest absolute Gasteiger partial charge is 0.481 e. The first-order chi connectivity index (χ1) is 9.81. The first-order valence-corrected chi connectivity index (χ1v) is 6.77. The molecule has 0 aromatic heterocycles. The number of rotatable bonds is 7. The molecule has 1 unspecified atom stereocenters. The molecule has 0 aliphatic heterocycles. The Labute approximate surface area is 130 Å². The molecule has 0 fully saturated rings. The number of aliphatic carboxylic acids is 2. The Morgan fingerprint density at radius 2 is 1.86 bits per heavy atom. The second-order valence-electron chi connectivity index (χ2n) is 4.27. The van der Waals surface area contributed by atoms with Gasteiger partial charge in [0.25, 0.3) is 5.91 Å². The summed E-state index contributed by atoms with van der Waals surface area (Å²) in [6.07, 6.45) is -0.0130. The quantitative estimate of drug-likeness (QED) is 0.710. The van der Waals surface area contributed by atoms with E-state index in [1.807, 2.05) is 0 Å². The summed E-state index contributed by atoms with van der Waals surface area (Å²) >= 11 is 11.6. The van der Waals surface area contributed by atoms with Gasteiger partial charge in [0.2, 0.25) is 0 Å². The molecule has 0 bridgehead atoms. The molecule has 0 spiro atoms. The number of hydrogen-bond acceptors (Lipinski definition) is 3. The highest BCUT2D eigenvalue weighted by atomic mass is 35.5. The van der Waals surface area contributed by atoms with Crippen LogP contribution in [0.3, 0.4) is 0 Å².